The zero-order valence-electron chi connectivity index (χ0n) is 15.2. The molecule has 0 aliphatic rings. The highest BCUT2D eigenvalue weighted by molar-refractivity contribution is 5.78. The maximum Gasteiger partial charge on any atom is 0.234 e. The van der Waals surface area contributed by atoms with Gasteiger partial charge in [0.05, 0.1) is 6.54 Å². The highest BCUT2D eigenvalue weighted by Crippen LogP contribution is 2.18. The van der Waals surface area contributed by atoms with Crippen molar-refractivity contribution in [1.29, 1.82) is 0 Å². The first-order chi connectivity index (χ1) is 11.3. The van der Waals surface area contributed by atoms with Gasteiger partial charge in [0.15, 0.2) is 0 Å². The molecule has 1 unspecified atom stereocenters. The zero-order chi connectivity index (χ0) is 17.2. The minimum absolute atomic E-state index is 0.177. The number of hydrogen-bond acceptors (Lipinski definition) is 3. The lowest BCUT2D eigenvalue weighted by atomic mass is 9.93. The van der Waals surface area contributed by atoms with E-state index in [2.05, 4.69) is 24.2 Å². The molecule has 4 heteroatoms. The smallest absolute Gasteiger partial charge is 0.234 e. The number of isocyanates is 1. The molecule has 0 fully saturated rings. The van der Waals surface area contributed by atoms with Crippen molar-refractivity contribution in [3.8, 4) is 0 Å². The zero-order valence-corrected chi connectivity index (χ0v) is 15.2. The second-order valence-electron chi connectivity index (χ2n) is 6.37. The minimum Gasteiger partial charge on any atom is -0.356 e. The summed E-state index contributed by atoms with van der Waals surface area (Å²) in [6, 6.07) is 0. The van der Waals surface area contributed by atoms with Gasteiger partial charge in [0.2, 0.25) is 12.0 Å². The molecule has 0 aromatic rings. The summed E-state index contributed by atoms with van der Waals surface area (Å²) in [5.41, 5.74) is 0. The highest BCUT2D eigenvalue weighted by Gasteiger charge is 2.17. The largest absolute Gasteiger partial charge is 0.356 e. The van der Waals surface area contributed by atoms with Gasteiger partial charge in [-0.25, -0.2) is 9.79 Å². The number of unbranched alkanes of at least 4 members (excludes halogenated alkanes) is 7. The van der Waals surface area contributed by atoms with Gasteiger partial charge in [-0.15, -0.1) is 0 Å². The van der Waals surface area contributed by atoms with Gasteiger partial charge < -0.3 is 5.32 Å². The van der Waals surface area contributed by atoms with Crippen LogP contribution >= 0.6 is 0 Å². The molecule has 0 spiro atoms. The van der Waals surface area contributed by atoms with Crippen LogP contribution in [-0.4, -0.2) is 25.1 Å². The van der Waals surface area contributed by atoms with E-state index in [0.717, 1.165) is 38.5 Å². The van der Waals surface area contributed by atoms with Crippen LogP contribution in [0.15, 0.2) is 4.99 Å². The van der Waals surface area contributed by atoms with E-state index in [9.17, 15) is 9.59 Å². The van der Waals surface area contributed by atoms with Crippen molar-refractivity contribution in [3.63, 3.8) is 0 Å². The molecule has 0 aliphatic carbocycles. The van der Waals surface area contributed by atoms with Gasteiger partial charge in [0.25, 0.3) is 0 Å². The van der Waals surface area contributed by atoms with Gasteiger partial charge in [0, 0.05) is 12.5 Å². The Bertz CT molecular complexity index is 325. The number of carbonyl (C=O) groups is 1. The SMILES string of the molecule is CCCCCCCC(CCCCC)C(=O)NCCCCN=C=O. The molecule has 0 aromatic carbocycles. The standard InChI is InChI=1S/C19H36N2O2/c1-3-5-7-8-10-14-18(13-9-6-4-2)19(23)21-16-12-11-15-20-17-22/h18H,3-16H2,1-2H3,(H,21,23). The third kappa shape index (κ3) is 14.2. The number of aliphatic imine (C=N–C) groups is 1. The van der Waals surface area contributed by atoms with Crippen LogP contribution in [0, 0.1) is 5.92 Å². The summed E-state index contributed by atoms with van der Waals surface area (Å²) in [6.07, 6.45) is 15.1. The van der Waals surface area contributed by atoms with E-state index in [1.165, 1.54) is 44.6 Å². The molecular formula is C19H36N2O2. The van der Waals surface area contributed by atoms with Crippen LogP contribution < -0.4 is 5.32 Å². The maximum atomic E-state index is 12.3. The van der Waals surface area contributed by atoms with Crippen LogP contribution in [0.3, 0.4) is 0 Å². The topological polar surface area (TPSA) is 58.5 Å². The Morgan fingerprint density at radius 2 is 1.52 bits per heavy atom. The van der Waals surface area contributed by atoms with Crippen molar-refractivity contribution < 1.29 is 9.59 Å². The van der Waals surface area contributed by atoms with Gasteiger partial charge in [-0.2, -0.15) is 0 Å². The van der Waals surface area contributed by atoms with Crippen molar-refractivity contribution in [1.82, 2.24) is 5.32 Å². The third-order valence-corrected chi connectivity index (χ3v) is 4.24. The fourth-order valence-corrected chi connectivity index (χ4v) is 2.76. The van der Waals surface area contributed by atoms with Crippen LogP contribution in [0.25, 0.3) is 0 Å². The summed E-state index contributed by atoms with van der Waals surface area (Å²) in [6.45, 7) is 5.62. The third-order valence-electron chi connectivity index (χ3n) is 4.24. The van der Waals surface area contributed by atoms with Crippen molar-refractivity contribution in [2.24, 2.45) is 10.9 Å². The predicted molar refractivity (Wildman–Crippen MR) is 96.2 cm³/mol. The lowest BCUT2D eigenvalue weighted by Crippen LogP contribution is -2.31. The molecule has 0 saturated heterocycles. The highest BCUT2D eigenvalue weighted by atomic mass is 16.1. The molecule has 4 nitrogen and oxygen atoms in total. The van der Waals surface area contributed by atoms with Gasteiger partial charge in [0.1, 0.15) is 0 Å². The van der Waals surface area contributed by atoms with E-state index in [1.54, 1.807) is 0 Å². The molecule has 0 bridgehead atoms. The van der Waals surface area contributed by atoms with E-state index in [0.29, 0.717) is 13.1 Å². The van der Waals surface area contributed by atoms with Crippen LogP contribution in [0.2, 0.25) is 0 Å². The van der Waals surface area contributed by atoms with Gasteiger partial charge in [-0.1, -0.05) is 65.2 Å². The Morgan fingerprint density at radius 3 is 2.17 bits per heavy atom. The van der Waals surface area contributed by atoms with Crippen molar-refractivity contribution in [2.75, 3.05) is 13.1 Å². The Kier molecular flexibility index (Phi) is 16.3. The quantitative estimate of drug-likeness (QED) is 0.252. The first-order valence-electron chi connectivity index (χ1n) is 9.57. The van der Waals surface area contributed by atoms with Gasteiger partial charge in [-0.05, 0) is 25.7 Å². The second-order valence-corrected chi connectivity index (χ2v) is 6.37. The summed E-state index contributed by atoms with van der Waals surface area (Å²) in [7, 11) is 0. The van der Waals surface area contributed by atoms with Gasteiger partial charge >= 0.3 is 0 Å². The molecule has 23 heavy (non-hydrogen) atoms. The Hall–Kier alpha value is -1.15. The number of hydrogen-bond donors (Lipinski definition) is 1. The number of amides is 1. The summed E-state index contributed by atoms with van der Waals surface area (Å²) in [5.74, 6) is 0.395. The van der Waals surface area contributed by atoms with E-state index in [4.69, 9.17) is 0 Å². The molecule has 0 radical (unpaired) electrons. The summed E-state index contributed by atoms with van der Waals surface area (Å²) < 4.78 is 0. The maximum absolute atomic E-state index is 12.3. The number of carbonyl (C=O) groups excluding carboxylic acids is 2. The molecule has 1 atom stereocenters. The molecule has 0 aromatic heterocycles. The minimum atomic E-state index is 0.177. The Morgan fingerprint density at radius 1 is 0.913 bits per heavy atom. The van der Waals surface area contributed by atoms with E-state index >= 15 is 0 Å². The monoisotopic (exact) mass is 324 g/mol. The number of rotatable bonds is 16. The van der Waals surface area contributed by atoms with Crippen LogP contribution in [0.1, 0.15) is 90.9 Å². The summed E-state index contributed by atoms with van der Waals surface area (Å²) in [4.78, 5) is 25.8. The molecule has 1 amide bonds. The van der Waals surface area contributed by atoms with E-state index in [1.807, 2.05) is 0 Å². The van der Waals surface area contributed by atoms with E-state index < -0.39 is 0 Å². The lowest BCUT2D eigenvalue weighted by molar-refractivity contribution is -0.125. The van der Waals surface area contributed by atoms with Crippen LogP contribution in [0.4, 0.5) is 0 Å². The number of nitrogens with one attached hydrogen (secondary N) is 1. The van der Waals surface area contributed by atoms with Crippen LogP contribution in [0.5, 0.6) is 0 Å². The summed E-state index contributed by atoms with van der Waals surface area (Å²) in [5, 5.41) is 3.06. The molecule has 0 aliphatic heterocycles. The normalized spacial score (nSPS) is 11.7. The Labute approximate surface area is 142 Å². The van der Waals surface area contributed by atoms with E-state index in [-0.39, 0.29) is 11.8 Å². The fourth-order valence-electron chi connectivity index (χ4n) is 2.76. The average Bonchev–Trinajstić information content (AvgIpc) is 2.56. The molecule has 134 valence electrons. The molecule has 0 saturated carbocycles. The second kappa shape index (κ2) is 17.2. The molecule has 1 N–H and O–H groups in total. The average molecular weight is 325 g/mol. The first-order valence-corrected chi connectivity index (χ1v) is 9.57. The van der Waals surface area contributed by atoms with Crippen LogP contribution in [-0.2, 0) is 9.59 Å². The van der Waals surface area contributed by atoms with Gasteiger partial charge in [-0.3, -0.25) is 4.79 Å². The molecule has 0 heterocycles. The fraction of sp³-hybridized carbons (Fsp3) is 0.895. The Balaban J connectivity index is 3.98. The predicted octanol–water partition coefficient (Wildman–Crippen LogP) is 4.78. The molecule has 0 rings (SSSR count). The molecular weight excluding hydrogens is 288 g/mol. The summed E-state index contributed by atoms with van der Waals surface area (Å²) >= 11 is 0. The number of nitrogens with zero attached hydrogens (tertiary/aromatic N) is 1. The lowest BCUT2D eigenvalue weighted by Gasteiger charge is -2.16. The van der Waals surface area contributed by atoms with Crippen molar-refractivity contribution >= 4 is 12.0 Å². The first kappa shape index (κ1) is 21.9. The van der Waals surface area contributed by atoms with Crippen molar-refractivity contribution in [3.05, 3.63) is 0 Å². The van der Waals surface area contributed by atoms with Crippen molar-refractivity contribution in [2.45, 2.75) is 90.9 Å².